The lowest BCUT2D eigenvalue weighted by Crippen LogP contribution is -2.06. The van der Waals surface area contributed by atoms with Gasteiger partial charge in [0.2, 0.25) is 5.43 Å². The molecule has 0 aliphatic heterocycles. The fraction of sp³-hybridized carbons (Fsp3) is 0.150. The number of benzene rings is 2. The number of hydrogen-bond acceptors (Lipinski definition) is 6. The van der Waals surface area contributed by atoms with Crippen LogP contribution in [0.15, 0.2) is 57.5 Å². The Kier molecular flexibility index (Phi) is 4.69. The fourth-order valence-electron chi connectivity index (χ4n) is 2.71. The number of phenolic OH excluding ortho intramolecular Hbond substituents is 3. The summed E-state index contributed by atoms with van der Waals surface area (Å²) in [5, 5.41) is 38.8. The van der Waals surface area contributed by atoms with Gasteiger partial charge in [0.25, 0.3) is 0 Å². The van der Waals surface area contributed by atoms with E-state index < -0.39 is 5.43 Å². The molecule has 0 saturated carbocycles. The van der Waals surface area contributed by atoms with Crippen molar-refractivity contribution >= 4 is 11.0 Å². The highest BCUT2D eigenvalue weighted by molar-refractivity contribution is 5.90. The third kappa shape index (κ3) is 3.14. The van der Waals surface area contributed by atoms with Gasteiger partial charge in [0.15, 0.2) is 0 Å². The van der Waals surface area contributed by atoms with Gasteiger partial charge in [-0.25, -0.2) is 0 Å². The highest BCUT2D eigenvalue weighted by Gasteiger charge is 2.18. The van der Waals surface area contributed by atoms with Crippen LogP contribution in [0.5, 0.6) is 17.2 Å². The molecule has 1 heterocycles. The molecule has 0 atom stereocenters. The molecular formula is C20H18O6. The molecule has 26 heavy (non-hydrogen) atoms. The Morgan fingerprint density at radius 1 is 1.12 bits per heavy atom. The van der Waals surface area contributed by atoms with Crippen LogP contribution in [0.1, 0.15) is 12.5 Å². The predicted octanol–water partition coefficient (Wildman–Crippen LogP) is 3.06. The van der Waals surface area contributed by atoms with Gasteiger partial charge in [-0.15, -0.1) is 0 Å². The zero-order valence-corrected chi connectivity index (χ0v) is 14.1. The minimum Gasteiger partial charge on any atom is -0.508 e. The van der Waals surface area contributed by atoms with Crippen molar-refractivity contribution in [1.29, 1.82) is 0 Å². The molecule has 6 nitrogen and oxygen atoms in total. The molecule has 0 aliphatic rings. The summed E-state index contributed by atoms with van der Waals surface area (Å²) in [6.45, 7) is 1.62. The summed E-state index contributed by atoms with van der Waals surface area (Å²) < 4.78 is 5.59. The van der Waals surface area contributed by atoms with Crippen LogP contribution in [0.4, 0.5) is 0 Å². The predicted molar refractivity (Wildman–Crippen MR) is 97.5 cm³/mol. The van der Waals surface area contributed by atoms with E-state index in [2.05, 4.69) is 0 Å². The fourth-order valence-corrected chi connectivity index (χ4v) is 2.71. The molecule has 4 N–H and O–H groups in total. The quantitative estimate of drug-likeness (QED) is 0.536. The smallest absolute Gasteiger partial charge is 0.204 e. The van der Waals surface area contributed by atoms with Crippen LogP contribution >= 0.6 is 0 Å². The zero-order valence-electron chi connectivity index (χ0n) is 14.1. The second kappa shape index (κ2) is 6.93. The Labute approximate surface area is 148 Å². The molecule has 0 unspecified atom stereocenters. The Morgan fingerprint density at radius 3 is 2.46 bits per heavy atom. The first kappa shape index (κ1) is 17.6. The SMILES string of the molecule is C/C(=C\Cc1c(O)cc(O)c2c(=O)c(-c3ccc(O)cc3)coc12)CO. The van der Waals surface area contributed by atoms with Gasteiger partial charge in [0, 0.05) is 11.6 Å². The normalized spacial score (nSPS) is 11.8. The molecule has 0 radical (unpaired) electrons. The van der Waals surface area contributed by atoms with E-state index in [0.29, 0.717) is 16.7 Å². The summed E-state index contributed by atoms with van der Waals surface area (Å²) in [5.41, 5.74) is 1.46. The van der Waals surface area contributed by atoms with Crippen molar-refractivity contribution < 1.29 is 24.8 Å². The first-order chi connectivity index (χ1) is 12.4. The molecule has 6 heteroatoms. The van der Waals surface area contributed by atoms with Crippen LogP contribution in [0.3, 0.4) is 0 Å². The zero-order chi connectivity index (χ0) is 18.8. The molecule has 0 saturated heterocycles. The standard InChI is InChI=1S/C20H18O6/c1-11(9-21)2-7-14-16(23)8-17(24)18-19(25)15(10-26-20(14)18)12-3-5-13(22)6-4-12/h2-6,8,10,21-24H,7,9H2,1H3/b11-2+. The van der Waals surface area contributed by atoms with Gasteiger partial charge < -0.3 is 24.8 Å². The monoisotopic (exact) mass is 354 g/mol. The summed E-state index contributed by atoms with van der Waals surface area (Å²) in [6.07, 6.45) is 3.21. The van der Waals surface area contributed by atoms with Gasteiger partial charge in [-0.05, 0) is 31.0 Å². The van der Waals surface area contributed by atoms with Crippen molar-refractivity contribution in [2.45, 2.75) is 13.3 Å². The third-order valence-electron chi connectivity index (χ3n) is 4.19. The second-order valence-electron chi connectivity index (χ2n) is 6.04. The summed E-state index contributed by atoms with van der Waals surface area (Å²) in [4.78, 5) is 12.9. The lowest BCUT2D eigenvalue weighted by atomic mass is 10.0. The van der Waals surface area contributed by atoms with Crippen LogP contribution in [0.2, 0.25) is 0 Å². The van der Waals surface area contributed by atoms with Crippen molar-refractivity contribution in [3.63, 3.8) is 0 Å². The average molecular weight is 354 g/mol. The Morgan fingerprint density at radius 2 is 1.81 bits per heavy atom. The molecule has 0 fully saturated rings. The van der Waals surface area contributed by atoms with Gasteiger partial charge in [-0.3, -0.25) is 4.79 Å². The number of hydrogen-bond donors (Lipinski definition) is 4. The second-order valence-corrected chi connectivity index (χ2v) is 6.04. The Hall–Kier alpha value is -3.25. The van der Waals surface area contributed by atoms with Crippen LogP contribution in [0, 0.1) is 0 Å². The molecule has 0 bridgehead atoms. The molecule has 134 valence electrons. The molecule has 1 aromatic heterocycles. The minimum absolute atomic E-state index is 0.0292. The minimum atomic E-state index is -0.446. The van der Waals surface area contributed by atoms with Crippen molar-refractivity contribution in [2.75, 3.05) is 6.61 Å². The van der Waals surface area contributed by atoms with E-state index in [0.717, 1.165) is 6.07 Å². The van der Waals surface area contributed by atoms with Gasteiger partial charge in [0.05, 0.1) is 12.2 Å². The van der Waals surface area contributed by atoms with Gasteiger partial charge in [-0.2, -0.15) is 0 Å². The van der Waals surface area contributed by atoms with Gasteiger partial charge in [-0.1, -0.05) is 23.8 Å². The molecule has 3 rings (SSSR count). The van der Waals surface area contributed by atoms with Crippen LogP contribution < -0.4 is 5.43 Å². The van der Waals surface area contributed by atoms with Gasteiger partial charge >= 0.3 is 0 Å². The first-order valence-electron chi connectivity index (χ1n) is 7.97. The first-order valence-corrected chi connectivity index (χ1v) is 7.97. The van der Waals surface area contributed by atoms with Crippen molar-refractivity contribution in [3.05, 3.63) is 64.0 Å². The lowest BCUT2D eigenvalue weighted by Gasteiger charge is -2.10. The maximum absolute atomic E-state index is 12.9. The van der Waals surface area contributed by atoms with Crippen LogP contribution in [-0.4, -0.2) is 27.0 Å². The van der Waals surface area contributed by atoms with Crippen molar-refractivity contribution in [2.24, 2.45) is 0 Å². The van der Waals surface area contributed by atoms with E-state index in [1.807, 2.05) is 0 Å². The highest BCUT2D eigenvalue weighted by atomic mass is 16.3. The number of aromatic hydroxyl groups is 3. The van der Waals surface area contributed by atoms with E-state index in [-0.39, 0.29) is 46.8 Å². The van der Waals surface area contributed by atoms with Crippen molar-refractivity contribution in [3.8, 4) is 28.4 Å². The summed E-state index contributed by atoms with van der Waals surface area (Å²) >= 11 is 0. The van der Waals surface area contributed by atoms with E-state index in [1.54, 1.807) is 25.1 Å². The lowest BCUT2D eigenvalue weighted by molar-refractivity contribution is 0.331. The molecule has 0 spiro atoms. The third-order valence-corrected chi connectivity index (χ3v) is 4.19. The maximum atomic E-state index is 12.9. The maximum Gasteiger partial charge on any atom is 0.204 e. The van der Waals surface area contributed by atoms with E-state index in [1.165, 1.54) is 18.4 Å². The van der Waals surface area contributed by atoms with E-state index in [9.17, 15) is 20.1 Å². The molecule has 0 aliphatic carbocycles. The van der Waals surface area contributed by atoms with Gasteiger partial charge in [0.1, 0.15) is 34.5 Å². The summed E-state index contributed by atoms with van der Waals surface area (Å²) in [5.74, 6) is -0.504. The van der Waals surface area contributed by atoms with Crippen molar-refractivity contribution in [1.82, 2.24) is 0 Å². The largest absolute Gasteiger partial charge is 0.508 e. The number of rotatable bonds is 4. The molecule has 3 aromatic rings. The van der Waals surface area contributed by atoms with Crippen LogP contribution in [-0.2, 0) is 6.42 Å². The highest BCUT2D eigenvalue weighted by Crippen LogP contribution is 2.35. The van der Waals surface area contributed by atoms with E-state index in [4.69, 9.17) is 9.52 Å². The summed E-state index contributed by atoms with van der Waals surface area (Å²) in [7, 11) is 0. The topological polar surface area (TPSA) is 111 Å². The summed E-state index contributed by atoms with van der Waals surface area (Å²) in [6, 6.07) is 7.14. The molecule has 0 amide bonds. The Balaban J connectivity index is 2.23. The molecular weight excluding hydrogens is 336 g/mol. The number of phenols is 3. The molecule has 2 aromatic carbocycles. The number of allylic oxidation sites excluding steroid dienone is 1. The number of fused-ring (bicyclic) bond motifs is 1. The average Bonchev–Trinajstić information content (AvgIpc) is 2.62. The van der Waals surface area contributed by atoms with E-state index >= 15 is 0 Å². The number of aliphatic hydroxyl groups excluding tert-OH is 1. The Bertz CT molecular complexity index is 1040. The van der Waals surface area contributed by atoms with Crippen LogP contribution in [0.25, 0.3) is 22.1 Å². The number of aliphatic hydroxyl groups is 1.